The van der Waals surface area contributed by atoms with Gasteiger partial charge < -0.3 is 43.9 Å². The molecule has 19 heteroatoms. The minimum absolute atomic E-state index is 0.241. The zero-order chi connectivity index (χ0) is 25.2. The molecule has 0 aromatic carbocycles. The first-order valence-corrected chi connectivity index (χ1v) is 12.2. The Morgan fingerprint density at radius 2 is 1.91 bits per heavy atom. The van der Waals surface area contributed by atoms with Gasteiger partial charge in [-0.3, -0.25) is 9.09 Å². The Balaban J connectivity index is 1.99. The summed E-state index contributed by atoms with van der Waals surface area (Å²) in [6, 6.07) is 0.855. The predicted octanol–water partition coefficient (Wildman–Crippen LogP) is -1.90. The van der Waals surface area contributed by atoms with E-state index in [2.05, 4.69) is 18.3 Å². The number of aliphatic hydroxyl groups is 2. The largest absolute Gasteiger partial charge is 0.756 e. The first kappa shape index (κ1) is 27.6. The van der Waals surface area contributed by atoms with Gasteiger partial charge in [-0.1, -0.05) is 0 Å². The quantitative estimate of drug-likeness (QED) is 0.126. The summed E-state index contributed by atoms with van der Waals surface area (Å²) in [5.74, 6) is -0.756. The number of nitrogens with zero attached hydrogens (tertiary/aromatic N) is 4. The Morgan fingerprint density at radius 1 is 1.27 bits per heavy atom. The van der Waals surface area contributed by atoms with E-state index in [4.69, 9.17) is 4.74 Å². The fraction of sp³-hybridized carbons (Fsp3) is 0.714. The summed E-state index contributed by atoms with van der Waals surface area (Å²) < 4.78 is 43.0. The summed E-state index contributed by atoms with van der Waals surface area (Å²) in [6.45, 7) is -1.03. The Morgan fingerprint density at radius 3 is 2.45 bits per heavy atom. The maximum atomic E-state index is 12.0. The Kier molecular flexibility index (Phi) is 8.65. The van der Waals surface area contributed by atoms with Gasteiger partial charge in [0.15, 0.2) is 6.23 Å². The van der Waals surface area contributed by atoms with Crippen molar-refractivity contribution in [1.82, 2.24) is 9.55 Å². The molecule has 1 fully saturated rings. The van der Waals surface area contributed by atoms with Crippen LogP contribution in [0.4, 0.5) is 5.82 Å². The highest BCUT2D eigenvalue weighted by Crippen LogP contribution is 2.58. The summed E-state index contributed by atoms with van der Waals surface area (Å²) in [5, 5.41) is 30.9. The van der Waals surface area contributed by atoms with Crippen molar-refractivity contribution >= 4 is 21.5 Å². The van der Waals surface area contributed by atoms with Gasteiger partial charge in [0, 0.05) is 11.2 Å². The lowest BCUT2D eigenvalue weighted by Crippen LogP contribution is -2.37. The van der Waals surface area contributed by atoms with E-state index in [9.17, 15) is 44.0 Å². The molecule has 188 valence electrons. The van der Waals surface area contributed by atoms with E-state index in [1.165, 1.54) is 0 Å². The fourth-order valence-corrected chi connectivity index (χ4v) is 4.59. The molecule has 0 saturated carbocycles. The minimum Gasteiger partial charge on any atom is -0.756 e. The number of quaternary nitrogens is 1. The number of aliphatic hydroxyl groups excluding tert-OH is 2. The van der Waals surface area contributed by atoms with Crippen LogP contribution < -0.4 is 10.6 Å². The molecule has 2 unspecified atom stereocenters. The first-order valence-electron chi connectivity index (χ1n) is 9.21. The zero-order valence-electron chi connectivity index (χ0n) is 17.7. The molecule has 1 aromatic heterocycles. The number of rotatable bonds is 11. The number of nitro groups is 1. The van der Waals surface area contributed by atoms with Gasteiger partial charge in [-0.05, 0) is 4.92 Å². The lowest BCUT2D eigenvalue weighted by molar-refractivity contribution is -0.870. The molecule has 1 aromatic rings. The maximum Gasteiger partial charge on any atom is 0.478 e. The Labute approximate surface area is 186 Å². The minimum atomic E-state index is -5.25. The van der Waals surface area contributed by atoms with E-state index >= 15 is 0 Å². The fourth-order valence-electron chi connectivity index (χ4n) is 2.56. The van der Waals surface area contributed by atoms with Crippen molar-refractivity contribution in [3.63, 3.8) is 0 Å². The van der Waals surface area contributed by atoms with Crippen molar-refractivity contribution < 1.29 is 56.6 Å². The molecule has 0 radical (unpaired) electrons. The molecule has 2 heterocycles. The summed E-state index contributed by atoms with van der Waals surface area (Å²) in [6.07, 6.45) is -5.70. The van der Waals surface area contributed by atoms with Gasteiger partial charge >= 0.3 is 19.3 Å². The van der Waals surface area contributed by atoms with E-state index in [0.717, 1.165) is 12.3 Å². The molecule has 3 N–H and O–H groups in total. The molecular formula is C14H24N4O13P2. The zero-order valence-corrected chi connectivity index (χ0v) is 19.5. The molecule has 17 nitrogen and oxygen atoms in total. The number of aromatic nitrogens is 2. The third kappa shape index (κ3) is 7.98. The number of hydrogen-bond donors (Lipinski definition) is 3. The van der Waals surface area contributed by atoms with Gasteiger partial charge in [0.1, 0.15) is 31.5 Å². The molecule has 0 aliphatic carbocycles. The average Bonchev–Trinajstić information content (AvgIpc) is 2.92. The van der Waals surface area contributed by atoms with E-state index in [-0.39, 0.29) is 13.2 Å². The highest BCUT2D eigenvalue weighted by molar-refractivity contribution is 7.60. The standard InChI is InChI=1S/C14H24N4O13P2/c1-18(2,3)6-7-28-32(24,25)31-33(26,27)29-8-9-11(19)12(20)13(30-9)16-5-4-10(17(22)23)15-14(16)21/h4-5,9,11-13,19-20H,6-8H2,1-3H3,(H-,24,25,26,27)/t9-,11-,12-,13-/m1/s1. The van der Waals surface area contributed by atoms with Crippen LogP contribution >= 0.6 is 15.6 Å². The number of phosphoric acid groups is 2. The molecule has 0 bridgehead atoms. The SMILES string of the molecule is C[N+](C)(C)CCOP(=O)([O-])OP(=O)(O)OC[C@H]1O[C@@H](n2ccc([N+](=O)[O-])nc2=O)[C@H](O)[C@@H]1O. The van der Waals surface area contributed by atoms with Crippen molar-refractivity contribution in [1.29, 1.82) is 0 Å². The lowest BCUT2D eigenvalue weighted by Gasteiger charge is -2.28. The van der Waals surface area contributed by atoms with E-state index < -0.39 is 63.2 Å². The molecule has 33 heavy (non-hydrogen) atoms. The van der Waals surface area contributed by atoms with Crippen molar-refractivity contribution in [2.45, 2.75) is 24.5 Å². The van der Waals surface area contributed by atoms with Crippen molar-refractivity contribution in [2.24, 2.45) is 0 Å². The molecule has 1 aliphatic rings. The van der Waals surface area contributed by atoms with Gasteiger partial charge in [-0.25, -0.2) is 18.2 Å². The Hall–Kier alpha value is -1.62. The summed E-state index contributed by atoms with van der Waals surface area (Å²) in [5.41, 5.74) is -1.17. The van der Waals surface area contributed by atoms with Crippen molar-refractivity contribution in [3.05, 3.63) is 32.9 Å². The van der Waals surface area contributed by atoms with Crippen LogP contribution in [0.25, 0.3) is 0 Å². The smallest absolute Gasteiger partial charge is 0.478 e. The van der Waals surface area contributed by atoms with Gasteiger partial charge in [-0.2, -0.15) is 0 Å². The van der Waals surface area contributed by atoms with Gasteiger partial charge in [-0.15, -0.1) is 0 Å². The molecular weight excluding hydrogens is 494 g/mol. The highest BCUT2D eigenvalue weighted by atomic mass is 31.3. The lowest BCUT2D eigenvalue weighted by atomic mass is 10.1. The van der Waals surface area contributed by atoms with E-state index in [0.29, 0.717) is 9.05 Å². The third-order valence-corrected chi connectivity index (χ3v) is 6.83. The molecule has 1 aliphatic heterocycles. The van der Waals surface area contributed by atoms with Crippen LogP contribution in [0, 0.1) is 10.1 Å². The number of hydrogen-bond acceptors (Lipinski definition) is 13. The Bertz CT molecular complexity index is 1010. The van der Waals surface area contributed by atoms with Crippen LogP contribution in [-0.4, -0.2) is 93.3 Å². The second-order valence-corrected chi connectivity index (χ2v) is 10.9. The topological polar surface area (TPSA) is 233 Å². The second kappa shape index (κ2) is 10.3. The maximum absolute atomic E-state index is 12.0. The number of ether oxygens (including phenoxy) is 1. The van der Waals surface area contributed by atoms with Crippen LogP contribution in [-0.2, 0) is 27.2 Å². The number of likely N-dealkylation sites (N-methyl/N-ethyl adjacent to an activating group) is 1. The van der Waals surface area contributed by atoms with E-state index in [1.807, 2.05) is 0 Å². The molecule has 2 rings (SSSR count). The van der Waals surface area contributed by atoms with Crippen molar-refractivity contribution in [2.75, 3.05) is 40.9 Å². The van der Waals surface area contributed by atoms with Crippen LogP contribution in [0.15, 0.2) is 17.1 Å². The molecule has 0 amide bonds. The molecule has 6 atom stereocenters. The highest BCUT2D eigenvalue weighted by Gasteiger charge is 2.46. The van der Waals surface area contributed by atoms with Gasteiger partial charge in [0.05, 0.1) is 33.8 Å². The predicted molar refractivity (Wildman–Crippen MR) is 104 cm³/mol. The monoisotopic (exact) mass is 518 g/mol. The third-order valence-electron chi connectivity index (χ3n) is 4.23. The summed E-state index contributed by atoms with van der Waals surface area (Å²) in [4.78, 5) is 46.3. The first-order chi connectivity index (χ1) is 15.0. The van der Waals surface area contributed by atoms with Gasteiger partial charge in [0.25, 0.3) is 7.82 Å². The van der Waals surface area contributed by atoms with Crippen LogP contribution in [0.2, 0.25) is 0 Å². The second-order valence-electron chi connectivity index (χ2n) is 7.92. The summed E-state index contributed by atoms with van der Waals surface area (Å²) in [7, 11) is -5.20. The van der Waals surface area contributed by atoms with Crippen LogP contribution in [0.3, 0.4) is 0 Å². The number of phosphoric ester groups is 2. The van der Waals surface area contributed by atoms with E-state index in [1.54, 1.807) is 21.1 Å². The normalized spacial score (nSPS) is 27.1. The van der Waals surface area contributed by atoms with Gasteiger partial charge in [0.2, 0.25) is 0 Å². The molecule has 1 saturated heterocycles. The summed E-state index contributed by atoms with van der Waals surface area (Å²) >= 11 is 0. The van der Waals surface area contributed by atoms with Crippen LogP contribution in [0.1, 0.15) is 6.23 Å². The van der Waals surface area contributed by atoms with Crippen molar-refractivity contribution in [3.8, 4) is 0 Å². The average molecular weight is 518 g/mol. The van der Waals surface area contributed by atoms with Crippen LogP contribution in [0.5, 0.6) is 0 Å². The molecule has 0 spiro atoms.